The largest absolute Gasteiger partial charge is 0.229 e. The van der Waals surface area contributed by atoms with Crippen LogP contribution in [0, 0.1) is 0 Å². The molecule has 0 N–H and O–H groups in total. The van der Waals surface area contributed by atoms with E-state index in [1.54, 1.807) is 0 Å². The van der Waals surface area contributed by atoms with Crippen LogP contribution in [0.25, 0.3) is 0 Å². The van der Waals surface area contributed by atoms with E-state index in [1.807, 2.05) is 6.08 Å². The standard InChI is InChI=1S/C5H10.C2H6O2S/c1-3-5-4-2;1-5(2,3)4/h3H,1,4-5H2,2H3;1-2H3. The van der Waals surface area contributed by atoms with Gasteiger partial charge in [-0.05, 0) is 6.42 Å². The van der Waals surface area contributed by atoms with E-state index in [1.165, 1.54) is 6.42 Å². The Bertz CT molecular complexity index is 148. The molecule has 0 unspecified atom stereocenters. The first-order chi connectivity index (χ1) is 4.41. The minimum Gasteiger partial charge on any atom is -0.229 e. The number of sulfone groups is 1. The Morgan fingerprint density at radius 1 is 1.40 bits per heavy atom. The lowest BCUT2D eigenvalue weighted by molar-refractivity contribution is 0.607. The highest BCUT2D eigenvalue weighted by molar-refractivity contribution is 7.89. The molecule has 0 amide bonds. The van der Waals surface area contributed by atoms with Gasteiger partial charge in [0.1, 0.15) is 9.84 Å². The summed E-state index contributed by atoms with van der Waals surface area (Å²) in [7, 11) is -2.67. The molecule has 0 aromatic heterocycles. The summed E-state index contributed by atoms with van der Waals surface area (Å²) in [5.74, 6) is 0. The van der Waals surface area contributed by atoms with Crippen LogP contribution in [-0.2, 0) is 9.84 Å². The average molecular weight is 164 g/mol. The Morgan fingerprint density at radius 3 is 1.70 bits per heavy atom. The van der Waals surface area contributed by atoms with Crippen molar-refractivity contribution in [3.8, 4) is 0 Å². The van der Waals surface area contributed by atoms with Gasteiger partial charge in [0.2, 0.25) is 0 Å². The van der Waals surface area contributed by atoms with Crippen molar-refractivity contribution in [3.05, 3.63) is 12.7 Å². The molecule has 2 nitrogen and oxygen atoms in total. The van der Waals surface area contributed by atoms with Crippen LogP contribution < -0.4 is 0 Å². The topological polar surface area (TPSA) is 34.1 Å². The molecule has 0 aliphatic carbocycles. The SMILES string of the molecule is C=CCCC.CS(C)(=O)=O. The molecule has 0 saturated carbocycles. The van der Waals surface area contributed by atoms with Gasteiger partial charge in [0, 0.05) is 12.5 Å². The van der Waals surface area contributed by atoms with Crippen molar-refractivity contribution in [1.29, 1.82) is 0 Å². The third-order valence-electron chi connectivity index (χ3n) is 0.493. The molecule has 0 aromatic rings. The molecule has 0 bridgehead atoms. The van der Waals surface area contributed by atoms with E-state index in [4.69, 9.17) is 0 Å². The maximum Gasteiger partial charge on any atom is 0.144 e. The predicted molar refractivity (Wildman–Crippen MR) is 45.9 cm³/mol. The molecular formula is C7H16O2S. The summed E-state index contributed by atoms with van der Waals surface area (Å²) < 4.78 is 19.3. The van der Waals surface area contributed by atoms with Crippen LogP contribution in [-0.4, -0.2) is 20.9 Å². The fourth-order valence-corrected chi connectivity index (χ4v) is 0.204. The van der Waals surface area contributed by atoms with Crippen molar-refractivity contribution in [2.24, 2.45) is 0 Å². The quantitative estimate of drug-likeness (QED) is 0.581. The highest BCUT2D eigenvalue weighted by Crippen LogP contribution is 1.82. The van der Waals surface area contributed by atoms with Crippen LogP contribution in [0.4, 0.5) is 0 Å². The van der Waals surface area contributed by atoms with Gasteiger partial charge in [0.25, 0.3) is 0 Å². The Balaban J connectivity index is 0. The first kappa shape index (κ1) is 12.4. The molecule has 0 saturated heterocycles. The van der Waals surface area contributed by atoms with Crippen molar-refractivity contribution in [3.63, 3.8) is 0 Å². The second kappa shape index (κ2) is 6.81. The van der Waals surface area contributed by atoms with Crippen molar-refractivity contribution < 1.29 is 8.42 Å². The van der Waals surface area contributed by atoms with Crippen molar-refractivity contribution in [2.45, 2.75) is 19.8 Å². The Kier molecular flexibility index (Phi) is 8.42. The van der Waals surface area contributed by atoms with Gasteiger partial charge in [-0.3, -0.25) is 0 Å². The average Bonchev–Trinajstić information content (AvgIpc) is 1.63. The maximum atomic E-state index is 9.63. The fourth-order valence-electron chi connectivity index (χ4n) is 0.204. The van der Waals surface area contributed by atoms with E-state index in [0.29, 0.717) is 0 Å². The van der Waals surface area contributed by atoms with E-state index in [0.717, 1.165) is 18.9 Å². The molecule has 0 rings (SSSR count). The fraction of sp³-hybridized carbons (Fsp3) is 0.714. The number of hydrogen-bond acceptors (Lipinski definition) is 2. The van der Waals surface area contributed by atoms with Crippen molar-refractivity contribution >= 4 is 9.84 Å². The molecule has 3 heteroatoms. The van der Waals surface area contributed by atoms with Crippen LogP contribution in [0.2, 0.25) is 0 Å². The lowest BCUT2D eigenvalue weighted by Gasteiger charge is -1.72. The van der Waals surface area contributed by atoms with Crippen molar-refractivity contribution in [1.82, 2.24) is 0 Å². The van der Waals surface area contributed by atoms with Gasteiger partial charge >= 0.3 is 0 Å². The van der Waals surface area contributed by atoms with Crippen LogP contribution in [0.15, 0.2) is 12.7 Å². The molecule has 0 aliphatic heterocycles. The molecule has 0 spiro atoms. The zero-order valence-corrected chi connectivity index (χ0v) is 7.74. The second-order valence-corrected chi connectivity index (χ2v) is 4.51. The molecule has 0 fully saturated rings. The van der Waals surface area contributed by atoms with Crippen LogP contribution in [0.3, 0.4) is 0 Å². The highest BCUT2D eigenvalue weighted by Gasteiger charge is 1.79. The summed E-state index contributed by atoms with van der Waals surface area (Å²) >= 11 is 0. The lowest BCUT2D eigenvalue weighted by Crippen LogP contribution is -1.86. The zero-order valence-electron chi connectivity index (χ0n) is 6.92. The summed E-state index contributed by atoms with van der Waals surface area (Å²) in [6, 6.07) is 0. The second-order valence-electron chi connectivity index (χ2n) is 2.22. The van der Waals surface area contributed by atoms with Crippen molar-refractivity contribution in [2.75, 3.05) is 12.5 Å². The minimum absolute atomic E-state index is 1.15. The predicted octanol–water partition coefficient (Wildman–Crippen LogP) is 1.63. The Morgan fingerprint density at radius 2 is 1.70 bits per heavy atom. The first-order valence-corrected chi connectivity index (χ1v) is 5.47. The molecule has 10 heavy (non-hydrogen) atoms. The van der Waals surface area contributed by atoms with E-state index in [9.17, 15) is 8.42 Å². The van der Waals surface area contributed by atoms with E-state index in [-0.39, 0.29) is 0 Å². The van der Waals surface area contributed by atoms with Gasteiger partial charge in [0.05, 0.1) is 0 Å². The molecular weight excluding hydrogens is 148 g/mol. The molecule has 0 aromatic carbocycles. The summed E-state index contributed by atoms with van der Waals surface area (Å²) in [6.45, 7) is 5.69. The molecule has 62 valence electrons. The van der Waals surface area contributed by atoms with Gasteiger partial charge in [-0.25, -0.2) is 8.42 Å². The third kappa shape index (κ3) is 121. The molecule has 0 radical (unpaired) electrons. The molecule has 0 heterocycles. The normalized spacial score (nSPS) is 9.50. The third-order valence-corrected chi connectivity index (χ3v) is 0.493. The van der Waals surface area contributed by atoms with Gasteiger partial charge in [-0.2, -0.15) is 0 Å². The van der Waals surface area contributed by atoms with Gasteiger partial charge < -0.3 is 0 Å². The van der Waals surface area contributed by atoms with Crippen LogP contribution in [0.5, 0.6) is 0 Å². The smallest absolute Gasteiger partial charge is 0.144 e. The van der Waals surface area contributed by atoms with E-state index in [2.05, 4.69) is 13.5 Å². The minimum atomic E-state index is -2.67. The zero-order chi connectivity index (χ0) is 8.62. The number of hydrogen-bond donors (Lipinski definition) is 0. The summed E-state index contributed by atoms with van der Waals surface area (Å²) in [5, 5.41) is 0. The number of allylic oxidation sites excluding steroid dienone is 1. The highest BCUT2D eigenvalue weighted by atomic mass is 32.2. The number of rotatable bonds is 2. The molecule has 0 aliphatic rings. The van der Waals surface area contributed by atoms with Crippen LogP contribution in [0.1, 0.15) is 19.8 Å². The monoisotopic (exact) mass is 164 g/mol. The molecule has 0 atom stereocenters. The summed E-state index contributed by atoms with van der Waals surface area (Å²) in [6.07, 6.45) is 6.63. The number of unbranched alkanes of at least 4 members (excludes halogenated alkanes) is 1. The van der Waals surface area contributed by atoms with E-state index < -0.39 is 9.84 Å². The Labute approximate surface area is 63.9 Å². The first-order valence-electron chi connectivity index (χ1n) is 3.17. The maximum absolute atomic E-state index is 9.63. The lowest BCUT2D eigenvalue weighted by atomic mass is 10.3. The van der Waals surface area contributed by atoms with E-state index >= 15 is 0 Å². The van der Waals surface area contributed by atoms with Gasteiger partial charge in [-0.1, -0.05) is 19.4 Å². The van der Waals surface area contributed by atoms with Gasteiger partial charge in [-0.15, -0.1) is 6.58 Å². The summed E-state index contributed by atoms with van der Waals surface area (Å²) in [5.41, 5.74) is 0. The van der Waals surface area contributed by atoms with Crippen LogP contribution >= 0.6 is 0 Å². The summed E-state index contributed by atoms with van der Waals surface area (Å²) in [4.78, 5) is 0. The Hall–Kier alpha value is -0.310. The van der Waals surface area contributed by atoms with Gasteiger partial charge in [0.15, 0.2) is 0 Å².